The first-order valence-corrected chi connectivity index (χ1v) is 6.05. The number of rotatable bonds is 3. The highest BCUT2D eigenvalue weighted by Gasteiger charge is 2.15. The summed E-state index contributed by atoms with van der Waals surface area (Å²) >= 11 is 0. The second-order valence-electron chi connectivity index (χ2n) is 5.48. The van der Waals surface area contributed by atoms with Gasteiger partial charge >= 0.3 is 6.09 Å². The highest BCUT2D eigenvalue weighted by atomic mass is 16.6. The summed E-state index contributed by atoms with van der Waals surface area (Å²) < 4.78 is 5.11. The van der Waals surface area contributed by atoms with Crippen LogP contribution in [0.5, 0.6) is 0 Å². The molecule has 0 fully saturated rings. The van der Waals surface area contributed by atoms with E-state index in [0.29, 0.717) is 6.54 Å². The Kier molecular flexibility index (Phi) is 4.73. The average molecular weight is 250 g/mol. The van der Waals surface area contributed by atoms with Crippen LogP contribution >= 0.6 is 0 Å². The molecule has 0 heterocycles. The van der Waals surface area contributed by atoms with E-state index in [0.717, 1.165) is 5.56 Å². The number of hydrogen-bond acceptors (Lipinski definition) is 3. The number of hydrogen-bond donors (Lipinski definition) is 2. The van der Waals surface area contributed by atoms with E-state index in [-0.39, 0.29) is 0 Å². The molecule has 0 bridgehead atoms. The maximum Gasteiger partial charge on any atom is 0.422 e. The van der Waals surface area contributed by atoms with Gasteiger partial charge in [0.1, 0.15) is 5.60 Å². The Balaban J connectivity index is 2.40. The molecule has 0 aliphatic rings. The summed E-state index contributed by atoms with van der Waals surface area (Å²) in [7, 11) is 0. The van der Waals surface area contributed by atoms with Crippen LogP contribution in [0.25, 0.3) is 0 Å². The van der Waals surface area contributed by atoms with Crippen LogP contribution in [0.15, 0.2) is 18.2 Å². The van der Waals surface area contributed by atoms with Crippen LogP contribution in [0.1, 0.15) is 37.5 Å². The summed E-state index contributed by atoms with van der Waals surface area (Å²) in [6, 6.07) is 6.28. The van der Waals surface area contributed by atoms with Crippen LogP contribution in [-0.4, -0.2) is 11.7 Å². The molecule has 0 spiro atoms. The molecule has 0 atom stereocenters. The minimum atomic E-state index is -0.480. The van der Waals surface area contributed by atoms with Crippen LogP contribution < -0.4 is 10.9 Å². The Morgan fingerprint density at radius 2 is 1.72 bits per heavy atom. The lowest BCUT2D eigenvalue weighted by molar-refractivity contribution is 0.0497. The third-order valence-electron chi connectivity index (χ3n) is 2.16. The number of carbonyl (C=O) groups is 1. The number of ether oxygens (including phenoxy) is 1. The fourth-order valence-electron chi connectivity index (χ4n) is 1.69. The zero-order valence-corrected chi connectivity index (χ0v) is 11.8. The molecular formula is C14H22N2O2. The smallest absolute Gasteiger partial charge is 0.422 e. The van der Waals surface area contributed by atoms with Crippen LogP contribution in [0.4, 0.5) is 4.79 Å². The Labute approximate surface area is 109 Å². The van der Waals surface area contributed by atoms with E-state index < -0.39 is 11.7 Å². The number of carbonyl (C=O) groups excluding carboxylic acids is 1. The molecule has 1 aromatic carbocycles. The third kappa shape index (κ3) is 5.68. The Morgan fingerprint density at radius 3 is 2.22 bits per heavy atom. The molecule has 0 radical (unpaired) electrons. The molecule has 4 heteroatoms. The summed E-state index contributed by atoms with van der Waals surface area (Å²) in [6.45, 7) is 10.2. The molecule has 0 saturated carbocycles. The quantitative estimate of drug-likeness (QED) is 0.811. The molecule has 0 unspecified atom stereocenters. The van der Waals surface area contributed by atoms with Crippen LogP contribution in [-0.2, 0) is 11.3 Å². The molecule has 1 amide bonds. The highest BCUT2D eigenvalue weighted by Crippen LogP contribution is 2.08. The maximum absolute atomic E-state index is 11.4. The first kappa shape index (κ1) is 14.5. The number of amides is 1. The topological polar surface area (TPSA) is 50.4 Å². The molecule has 0 aliphatic carbocycles. The third-order valence-corrected chi connectivity index (χ3v) is 2.16. The van der Waals surface area contributed by atoms with Gasteiger partial charge in [0, 0.05) is 6.54 Å². The van der Waals surface area contributed by atoms with Crippen molar-refractivity contribution in [1.29, 1.82) is 0 Å². The van der Waals surface area contributed by atoms with Crippen molar-refractivity contribution in [3.8, 4) is 0 Å². The van der Waals surface area contributed by atoms with Gasteiger partial charge in [-0.25, -0.2) is 10.2 Å². The van der Waals surface area contributed by atoms with Crippen molar-refractivity contribution in [3.05, 3.63) is 34.9 Å². The highest BCUT2D eigenvalue weighted by molar-refractivity contribution is 5.66. The van der Waals surface area contributed by atoms with E-state index in [4.69, 9.17) is 4.74 Å². The van der Waals surface area contributed by atoms with Crippen molar-refractivity contribution < 1.29 is 9.53 Å². The van der Waals surface area contributed by atoms with Crippen LogP contribution in [0, 0.1) is 13.8 Å². The molecule has 0 aromatic heterocycles. The molecule has 0 aliphatic heterocycles. The summed E-state index contributed by atoms with van der Waals surface area (Å²) in [5, 5.41) is 0. The van der Waals surface area contributed by atoms with Crippen molar-refractivity contribution >= 4 is 6.09 Å². The van der Waals surface area contributed by atoms with Crippen molar-refractivity contribution in [2.45, 2.75) is 46.8 Å². The van der Waals surface area contributed by atoms with Gasteiger partial charge in [-0.1, -0.05) is 29.3 Å². The molecule has 2 N–H and O–H groups in total. The second kappa shape index (κ2) is 5.87. The monoisotopic (exact) mass is 250 g/mol. The summed E-state index contributed by atoms with van der Waals surface area (Å²) in [5.74, 6) is 0. The van der Waals surface area contributed by atoms with Crippen molar-refractivity contribution in [3.63, 3.8) is 0 Å². The second-order valence-corrected chi connectivity index (χ2v) is 5.48. The molecule has 18 heavy (non-hydrogen) atoms. The van der Waals surface area contributed by atoms with Crippen molar-refractivity contribution in [1.82, 2.24) is 10.9 Å². The van der Waals surface area contributed by atoms with Gasteiger partial charge in [0.05, 0.1) is 0 Å². The van der Waals surface area contributed by atoms with E-state index in [9.17, 15) is 4.79 Å². The molecule has 0 saturated heterocycles. The molecule has 100 valence electrons. The lowest BCUT2D eigenvalue weighted by Gasteiger charge is -2.19. The van der Waals surface area contributed by atoms with E-state index in [2.05, 4.69) is 42.9 Å². The van der Waals surface area contributed by atoms with Gasteiger partial charge in [0.2, 0.25) is 0 Å². The first-order valence-electron chi connectivity index (χ1n) is 6.05. The number of benzene rings is 1. The fourth-order valence-corrected chi connectivity index (χ4v) is 1.69. The zero-order chi connectivity index (χ0) is 13.8. The number of nitrogens with one attached hydrogen (secondary N) is 2. The Bertz CT molecular complexity index is 402. The largest absolute Gasteiger partial charge is 0.443 e. The Hall–Kier alpha value is -1.55. The minimum Gasteiger partial charge on any atom is -0.443 e. The van der Waals surface area contributed by atoms with Gasteiger partial charge < -0.3 is 4.74 Å². The maximum atomic E-state index is 11.4. The first-order chi connectivity index (χ1) is 8.26. The summed E-state index contributed by atoms with van der Waals surface area (Å²) in [4.78, 5) is 11.4. The van der Waals surface area contributed by atoms with E-state index in [1.54, 1.807) is 0 Å². The normalized spacial score (nSPS) is 11.2. The lowest BCUT2D eigenvalue weighted by atomic mass is 10.1. The van der Waals surface area contributed by atoms with Gasteiger partial charge in [-0.05, 0) is 40.2 Å². The van der Waals surface area contributed by atoms with E-state index in [1.165, 1.54) is 11.1 Å². The van der Waals surface area contributed by atoms with Crippen LogP contribution in [0.3, 0.4) is 0 Å². The molecular weight excluding hydrogens is 228 g/mol. The predicted molar refractivity (Wildman–Crippen MR) is 72.1 cm³/mol. The summed E-state index contributed by atoms with van der Waals surface area (Å²) in [5.41, 5.74) is 8.44. The van der Waals surface area contributed by atoms with Gasteiger partial charge in [0.25, 0.3) is 0 Å². The predicted octanol–water partition coefficient (Wildman–Crippen LogP) is 2.83. The minimum absolute atomic E-state index is 0.466. The Morgan fingerprint density at radius 1 is 1.17 bits per heavy atom. The lowest BCUT2D eigenvalue weighted by Crippen LogP contribution is -2.40. The van der Waals surface area contributed by atoms with Crippen LogP contribution in [0.2, 0.25) is 0 Å². The van der Waals surface area contributed by atoms with Crippen molar-refractivity contribution in [2.24, 2.45) is 0 Å². The molecule has 1 rings (SSSR count). The molecule has 4 nitrogen and oxygen atoms in total. The van der Waals surface area contributed by atoms with Gasteiger partial charge in [-0.15, -0.1) is 0 Å². The fraction of sp³-hybridized carbons (Fsp3) is 0.500. The van der Waals surface area contributed by atoms with Crippen molar-refractivity contribution in [2.75, 3.05) is 0 Å². The average Bonchev–Trinajstić information content (AvgIpc) is 2.12. The van der Waals surface area contributed by atoms with Gasteiger partial charge in [-0.2, -0.15) is 0 Å². The van der Waals surface area contributed by atoms with E-state index in [1.807, 2.05) is 20.8 Å². The SMILES string of the molecule is Cc1cc(C)cc(CNNC(=O)OC(C)(C)C)c1. The molecule has 1 aromatic rings. The zero-order valence-electron chi connectivity index (χ0n) is 11.8. The number of aryl methyl sites for hydroxylation is 2. The van der Waals surface area contributed by atoms with Gasteiger partial charge in [-0.3, -0.25) is 5.43 Å². The summed E-state index contributed by atoms with van der Waals surface area (Å²) in [6.07, 6.45) is -0.466. The van der Waals surface area contributed by atoms with Gasteiger partial charge in [0.15, 0.2) is 0 Å². The standard InChI is InChI=1S/C14H22N2O2/c1-10-6-11(2)8-12(7-10)9-15-16-13(17)18-14(3,4)5/h6-8,15H,9H2,1-5H3,(H,16,17). The number of hydrazine groups is 1. The van der Waals surface area contributed by atoms with E-state index >= 15 is 0 Å².